The van der Waals surface area contributed by atoms with E-state index >= 15 is 0 Å². The van der Waals surface area contributed by atoms with Gasteiger partial charge in [0.1, 0.15) is 11.6 Å². The van der Waals surface area contributed by atoms with Gasteiger partial charge in [0.15, 0.2) is 0 Å². The first kappa shape index (κ1) is 12.2. The fraction of sp³-hybridized carbons (Fsp3) is 0.400. The average molecular weight is 259 g/mol. The van der Waals surface area contributed by atoms with E-state index in [9.17, 15) is 4.39 Å². The van der Waals surface area contributed by atoms with E-state index in [4.69, 9.17) is 5.73 Å². The molecule has 1 fully saturated rings. The molecular weight excluding hydrogens is 241 g/mol. The van der Waals surface area contributed by atoms with Gasteiger partial charge in [0.2, 0.25) is 0 Å². The average Bonchev–Trinajstić information content (AvgIpc) is 2.71. The highest BCUT2D eigenvalue weighted by Gasteiger charge is 2.16. The molecule has 4 heteroatoms. The maximum atomic E-state index is 13.9. The topological polar surface area (TPSA) is 42.1 Å². The Balaban J connectivity index is 2.15. The number of rotatable bonds is 1. The lowest BCUT2D eigenvalue weighted by Gasteiger charge is -2.23. The molecule has 19 heavy (non-hydrogen) atoms. The lowest BCUT2D eigenvalue weighted by Crippen LogP contribution is -2.25. The number of nitrogen functional groups attached to an aromatic ring is 1. The minimum atomic E-state index is -0.234. The fourth-order valence-electron chi connectivity index (χ4n) is 2.79. The number of nitrogens with two attached hydrogens (primary N) is 1. The third-order valence-electron chi connectivity index (χ3n) is 3.79. The van der Waals surface area contributed by atoms with Crippen molar-refractivity contribution in [2.45, 2.75) is 25.7 Å². The molecule has 100 valence electrons. The van der Waals surface area contributed by atoms with Crippen molar-refractivity contribution >= 4 is 22.3 Å². The van der Waals surface area contributed by atoms with E-state index in [1.54, 1.807) is 18.3 Å². The van der Waals surface area contributed by atoms with Crippen molar-refractivity contribution in [2.75, 3.05) is 23.7 Å². The maximum Gasteiger partial charge on any atom is 0.138 e. The van der Waals surface area contributed by atoms with Crippen LogP contribution in [0.4, 0.5) is 15.9 Å². The van der Waals surface area contributed by atoms with Crippen molar-refractivity contribution in [3.63, 3.8) is 0 Å². The van der Waals surface area contributed by atoms with E-state index in [0.717, 1.165) is 37.1 Å². The van der Waals surface area contributed by atoms with Crippen LogP contribution < -0.4 is 10.6 Å². The third kappa shape index (κ3) is 2.23. The molecule has 3 nitrogen and oxygen atoms in total. The van der Waals surface area contributed by atoms with Gasteiger partial charge < -0.3 is 10.6 Å². The minimum Gasteiger partial charge on any atom is -0.398 e. The number of halogens is 1. The molecule has 0 atom stereocenters. The molecule has 2 aromatic rings. The van der Waals surface area contributed by atoms with Crippen LogP contribution in [0.15, 0.2) is 24.4 Å². The van der Waals surface area contributed by atoms with E-state index in [0.29, 0.717) is 11.1 Å². The molecule has 1 saturated heterocycles. The summed E-state index contributed by atoms with van der Waals surface area (Å²) >= 11 is 0. The summed E-state index contributed by atoms with van der Waals surface area (Å²) in [5.41, 5.74) is 6.64. The second-order valence-corrected chi connectivity index (χ2v) is 5.09. The molecule has 0 radical (unpaired) electrons. The number of benzene rings is 1. The van der Waals surface area contributed by atoms with Crippen molar-refractivity contribution in [1.29, 1.82) is 0 Å². The summed E-state index contributed by atoms with van der Waals surface area (Å²) in [6, 6.07) is 4.74. The molecule has 1 aliphatic rings. The zero-order valence-corrected chi connectivity index (χ0v) is 10.9. The van der Waals surface area contributed by atoms with Crippen molar-refractivity contribution in [2.24, 2.45) is 0 Å². The summed E-state index contributed by atoms with van der Waals surface area (Å²) in [6.07, 6.45) is 6.50. The summed E-state index contributed by atoms with van der Waals surface area (Å²) in [7, 11) is 0. The molecule has 3 rings (SSSR count). The van der Waals surface area contributed by atoms with Gasteiger partial charge in [-0.2, -0.15) is 0 Å². The quantitative estimate of drug-likeness (QED) is 0.799. The van der Waals surface area contributed by atoms with Gasteiger partial charge in [0, 0.05) is 30.4 Å². The Hall–Kier alpha value is -1.84. The van der Waals surface area contributed by atoms with E-state index < -0.39 is 0 Å². The largest absolute Gasteiger partial charge is 0.398 e. The minimum absolute atomic E-state index is 0.234. The van der Waals surface area contributed by atoms with Crippen molar-refractivity contribution in [3.8, 4) is 0 Å². The predicted octanol–water partition coefficient (Wildman–Crippen LogP) is 3.34. The molecule has 0 bridgehead atoms. The lowest BCUT2D eigenvalue weighted by atomic mass is 10.1. The summed E-state index contributed by atoms with van der Waals surface area (Å²) in [6.45, 7) is 1.95. The van der Waals surface area contributed by atoms with E-state index in [1.807, 2.05) is 0 Å². The van der Waals surface area contributed by atoms with Crippen molar-refractivity contribution < 1.29 is 4.39 Å². The third-order valence-corrected chi connectivity index (χ3v) is 3.79. The zero-order chi connectivity index (χ0) is 13.2. The second-order valence-electron chi connectivity index (χ2n) is 5.09. The van der Waals surface area contributed by atoms with Crippen LogP contribution in [-0.2, 0) is 0 Å². The fourth-order valence-corrected chi connectivity index (χ4v) is 2.79. The number of hydrogen-bond acceptors (Lipinski definition) is 3. The number of anilines is 2. The van der Waals surface area contributed by atoms with Gasteiger partial charge >= 0.3 is 0 Å². The van der Waals surface area contributed by atoms with Gasteiger partial charge in [-0.25, -0.2) is 9.37 Å². The monoisotopic (exact) mass is 259 g/mol. The van der Waals surface area contributed by atoms with Crippen LogP contribution in [0.2, 0.25) is 0 Å². The molecule has 1 aliphatic heterocycles. The van der Waals surface area contributed by atoms with Crippen LogP contribution >= 0.6 is 0 Å². The summed E-state index contributed by atoms with van der Waals surface area (Å²) in [4.78, 5) is 6.69. The Morgan fingerprint density at radius 1 is 1.05 bits per heavy atom. The smallest absolute Gasteiger partial charge is 0.138 e. The second kappa shape index (κ2) is 5.03. The van der Waals surface area contributed by atoms with E-state index in [1.165, 1.54) is 18.9 Å². The molecule has 2 heterocycles. The van der Waals surface area contributed by atoms with Crippen LogP contribution in [0.5, 0.6) is 0 Å². The number of hydrogen-bond donors (Lipinski definition) is 1. The van der Waals surface area contributed by atoms with Crippen molar-refractivity contribution in [3.05, 3.63) is 30.2 Å². The summed E-state index contributed by atoms with van der Waals surface area (Å²) in [5.74, 6) is 0.596. The first-order valence-electron chi connectivity index (χ1n) is 6.85. The Kier molecular flexibility index (Phi) is 3.23. The summed E-state index contributed by atoms with van der Waals surface area (Å²) < 4.78 is 13.9. The van der Waals surface area contributed by atoms with Crippen LogP contribution in [0, 0.1) is 5.82 Å². The molecule has 0 spiro atoms. The van der Waals surface area contributed by atoms with Gasteiger partial charge in [-0.3, -0.25) is 0 Å². The molecule has 0 amide bonds. The normalized spacial score (nSPS) is 16.6. The standard InChI is InChI=1S/C15H18FN3/c16-12-5-6-13(17)14-11(12)7-8-18-15(14)19-9-3-1-2-4-10-19/h5-8H,1-4,9-10,17H2. The SMILES string of the molecule is Nc1ccc(F)c2ccnc(N3CCCCCC3)c12. The molecule has 0 saturated carbocycles. The Bertz CT molecular complexity index is 589. The molecule has 0 unspecified atom stereocenters. The van der Waals surface area contributed by atoms with Crippen molar-refractivity contribution in [1.82, 2.24) is 4.98 Å². The maximum absolute atomic E-state index is 13.9. The van der Waals surface area contributed by atoms with Crippen LogP contribution in [-0.4, -0.2) is 18.1 Å². The molecule has 1 aromatic heterocycles. The van der Waals surface area contributed by atoms with Gasteiger partial charge in [0.05, 0.1) is 5.39 Å². The van der Waals surface area contributed by atoms with Gasteiger partial charge in [-0.1, -0.05) is 12.8 Å². The lowest BCUT2D eigenvalue weighted by molar-refractivity contribution is 0.640. The Labute approximate surface area is 112 Å². The number of nitrogens with zero attached hydrogens (tertiary/aromatic N) is 2. The highest BCUT2D eigenvalue weighted by molar-refractivity contribution is 6.01. The molecular formula is C15H18FN3. The van der Waals surface area contributed by atoms with Crippen LogP contribution in [0.25, 0.3) is 10.8 Å². The highest BCUT2D eigenvalue weighted by atomic mass is 19.1. The predicted molar refractivity (Wildman–Crippen MR) is 76.8 cm³/mol. The van der Waals surface area contributed by atoms with E-state index in [-0.39, 0.29) is 5.82 Å². The zero-order valence-electron chi connectivity index (χ0n) is 10.9. The first-order chi connectivity index (χ1) is 9.27. The summed E-state index contributed by atoms with van der Waals surface area (Å²) in [5, 5.41) is 1.32. The van der Waals surface area contributed by atoms with Crippen LogP contribution in [0.1, 0.15) is 25.7 Å². The van der Waals surface area contributed by atoms with Gasteiger partial charge in [-0.05, 0) is 31.0 Å². The van der Waals surface area contributed by atoms with E-state index in [2.05, 4.69) is 9.88 Å². The van der Waals surface area contributed by atoms with Crippen LogP contribution in [0.3, 0.4) is 0 Å². The Morgan fingerprint density at radius 3 is 2.53 bits per heavy atom. The molecule has 1 aromatic carbocycles. The molecule has 0 aliphatic carbocycles. The Morgan fingerprint density at radius 2 is 1.79 bits per heavy atom. The number of fused-ring (bicyclic) bond motifs is 1. The number of pyridine rings is 1. The first-order valence-corrected chi connectivity index (χ1v) is 6.85. The van der Waals surface area contributed by atoms with Gasteiger partial charge in [-0.15, -0.1) is 0 Å². The molecule has 2 N–H and O–H groups in total. The highest BCUT2D eigenvalue weighted by Crippen LogP contribution is 2.32. The number of aromatic nitrogens is 1. The van der Waals surface area contributed by atoms with Gasteiger partial charge in [0.25, 0.3) is 0 Å².